The highest BCUT2D eigenvalue weighted by Gasteiger charge is 2.26. The Morgan fingerprint density at radius 2 is 1.96 bits per heavy atom. The average molecular weight is 311 g/mol. The van der Waals surface area contributed by atoms with Crippen LogP contribution in [0.4, 0.5) is 0 Å². The van der Waals surface area contributed by atoms with Crippen LogP contribution in [0.15, 0.2) is 36.7 Å². The van der Waals surface area contributed by atoms with E-state index in [-0.39, 0.29) is 11.8 Å². The standard InChI is InChI=1S/C18H21N3O2/c1-13(22)21-11-3-4-15(12-21)18-17(19-9-10-20-18)14-5-7-16(23-2)8-6-14/h5-10,15H,3-4,11-12H2,1-2H3. The van der Waals surface area contributed by atoms with Crippen LogP contribution in [-0.4, -0.2) is 41.0 Å². The number of hydrogen-bond donors (Lipinski definition) is 0. The van der Waals surface area contributed by atoms with Crippen LogP contribution in [0, 0.1) is 0 Å². The van der Waals surface area contributed by atoms with Gasteiger partial charge in [0.05, 0.1) is 18.5 Å². The third-order valence-electron chi connectivity index (χ3n) is 4.34. The number of piperidine rings is 1. The molecule has 1 amide bonds. The van der Waals surface area contributed by atoms with Crippen molar-refractivity contribution >= 4 is 5.91 Å². The minimum Gasteiger partial charge on any atom is -0.497 e. The van der Waals surface area contributed by atoms with Crippen LogP contribution >= 0.6 is 0 Å². The monoisotopic (exact) mass is 311 g/mol. The summed E-state index contributed by atoms with van der Waals surface area (Å²) in [5.41, 5.74) is 2.89. The Labute approximate surface area is 136 Å². The van der Waals surface area contributed by atoms with Gasteiger partial charge in [0.2, 0.25) is 5.91 Å². The van der Waals surface area contributed by atoms with E-state index in [2.05, 4.69) is 9.97 Å². The van der Waals surface area contributed by atoms with Gasteiger partial charge in [0, 0.05) is 43.9 Å². The fraction of sp³-hybridized carbons (Fsp3) is 0.389. The topological polar surface area (TPSA) is 55.3 Å². The summed E-state index contributed by atoms with van der Waals surface area (Å²) in [4.78, 5) is 22.7. The van der Waals surface area contributed by atoms with Crippen LogP contribution in [0.5, 0.6) is 5.75 Å². The minimum absolute atomic E-state index is 0.129. The summed E-state index contributed by atoms with van der Waals surface area (Å²) < 4.78 is 5.21. The summed E-state index contributed by atoms with van der Waals surface area (Å²) in [6.45, 7) is 3.19. The van der Waals surface area contributed by atoms with Gasteiger partial charge >= 0.3 is 0 Å². The highest BCUT2D eigenvalue weighted by atomic mass is 16.5. The first-order valence-corrected chi connectivity index (χ1v) is 7.90. The van der Waals surface area contributed by atoms with Crippen molar-refractivity contribution in [3.8, 4) is 17.0 Å². The lowest BCUT2D eigenvalue weighted by Crippen LogP contribution is -2.38. The van der Waals surface area contributed by atoms with Gasteiger partial charge in [-0.25, -0.2) is 0 Å². The number of likely N-dealkylation sites (tertiary alicyclic amines) is 1. The molecule has 0 N–H and O–H groups in total. The first kappa shape index (κ1) is 15.5. The predicted octanol–water partition coefficient (Wildman–Crippen LogP) is 2.88. The van der Waals surface area contributed by atoms with Crippen molar-refractivity contribution in [2.45, 2.75) is 25.7 Å². The maximum Gasteiger partial charge on any atom is 0.219 e. The van der Waals surface area contributed by atoms with E-state index >= 15 is 0 Å². The van der Waals surface area contributed by atoms with Crippen LogP contribution in [0.3, 0.4) is 0 Å². The van der Waals surface area contributed by atoms with Crippen LogP contribution < -0.4 is 4.74 Å². The molecule has 0 radical (unpaired) electrons. The number of hydrogen-bond acceptors (Lipinski definition) is 4. The molecule has 23 heavy (non-hydrogen) atoms. The molecule has 2 aromatic rings. The molecule has 1 aromatic carbocycles. The summed E-state index contributed by atoms with van der Waals surface area (Å²) >= 11 is 0. The Kier molecular flexibility index (Phi) is 4.55. The van der Waals surface area contributed by atoms with Crippen molar-refractivity contribution in [1.29, 1.82) is 0 Å². The van der Waals surface area contributed by atoms with E-state index < -0.39 is 0 Å². The molecule has 1 aliphatic rings. The van der Waals surface area contributed by atoms with E-state index in [4.69, 9.17) is 4.74 Å². The number of carbonyl (C=O) groups is 1. The van der Waals surface area contributed by atoms with Crippen LogP contribution in [0.25, 0.3) is 11.3 Å². The number of benzene rings is 1. The van der Waals surface area contributed by atoms with E-state index in [1.807, 2.05) is 29.2 Å². The fourth-order valence-corrected chi connectivity index (χ4v) is 3.11. The maximum absolute atomic E-state index is 11.7. The number of methoxy groups -OCH3 is 1. The normalized spacial score (nSPS) is 17.8. The number of aromatic nitrogens is 2. The van der Waals surface area contributed by atoms with Gasteiger partial charge in [-0.15, -0.1) is 0 Å². The SMILES string of the molecule is COc1ccc(-c2nccnc2C2CCCN(C(C)=O)C2)cc1. The summed E-state index contributed by atoms with van der Waals surface area (Å²) in [7, 11) is 1.65. The summed E-state index contributed by atoms with van der Waals surface area (Å²) in [5.74, 6) is 1.18. The van der Waals surface area contributed by atoms with E-state index in [0.29, 0.717) is 0 Å². The summed E-state index contributed by atoms with van der Waals surface area (Å²) in [6, 6.07) is 7.85. The Balaban J connectivity index is 1.92. The minimum atomic E-state index is 0.129. The second kappa shape index (κ2) is 6.77. The van der Waals surface area contributed by atoms with Gasteiger partial charge in [0.1, 0.15) is 5.75 Å². The van der Waals surface area contributed by atoms with Gasteiger partial charge in [-0.3, -0.25) is 14.8 Å². The van der Waals surface area contributed by atoms with Gasteiger partial charge < -0.3 is 9.64 Å². The molecule has 1 aromatic heterocycles. The van der Waals surface area contributed by atoms with Crippen molar-refractivity contribution < 1.29 is 9.53 Å². The largest absolute Gasteiger partial charge is 0.497 e. The molecule has 1 atom stereocenters. The van der Waals surface area contributed by atoms with Crippen LogP contribution in [-0.2, 0) is 4.79 Å². The lowest BCUT2D eigenvalue weighted by atomic mass is 9.91. The molecule has 5 nitrogen and oxygen atoms in total. The van der Waals surface area contributed by atoms with Crippen molar-refractivity contribution in [3.63, 3.8) is 0 Å². The van der Waals surface area contributed by atoms with E-state index in [0.717, 1.165) is 48.6 Å². The van der Waals surface area contributed by atoms with Gasteiger partial charge in [0.15, 0.2) is 0 Å². The maximum atomic E-state index is 11.7. The quantitative estimate of drug-likeness (QED) is 0.874. The Morgan fingerprint density at radius 1 is 1.22 bits per heavy atom. The molecule has 1 unspecified atom stereocenters. The highest BCUT2D eigenvalue weighted by Crippen LogP contribution is 2.32. The molecule has 0 aliphatic carbocycles. The third-order valence-corrected chi connectivity index (χ3v) is 4.34. The summed E-state index contributed by atoms with van der Waals surface area (Å²) in [5, 5.41) is 0. The fourth-order valence-electron chi connectivity index (χ4n) is 3.11. The molecular formula is C18H21N3O2. The van der Waals surface area contributed by atoms with Gasteiger partial charge in [-0.1, -0.05) is 0 Å². The Hall–Kier alpha value is -2.43. The smallest absolute Gasteiger partial charge is 0.219 e. The summed E-state index contributed by atoms with van der Waals surface area (Å²) in [6.07, 6.45) is 5.48. The van der Waals surface area contributed by atoms with Crippen molar-refractivity contribution in [3.05, 3.63) is 42.4 Å². The lowest BCUT2D eigenvalue weighted by molar-refractivity contribution is -0.130. The first-order valence-electron chi connectivity index (χ1n) is 7.90. The average Bonchev–Trinajstić information content (AvgIpc) is 2.62. The predicted molar refractivity (Wildman–Crippen MR) is 88.2 cm³/mol. The Morgan fingerprint density at radius 3 is 2.65 bits per heavy atom. The third kappa shape index (κ3) is 3.33. The molecule has 120 valence electrons. The molecule has 2 heterocycles. The van der Waals surface area contributed by atoms with Gasteiger partial charge in [0.25, 0.3) is 0 Å². The molecule has 0 spiro atoms. The molecule has 5 heteroatoms. The number of rotatable bonds is 3. The molecular weight excluding hydrogens is 290 g/mol. The molecule has 0 bridgehead atoms. The van der Waals surface area contributed by atoms with E-state index in [1.54, 1.807) is 26.4 Å². The zero-order valence-electron chi connectivity index (χ0n) is 13.5. The number of amides is 1. The zero-order chi connectivity index (χ0) is 16.2. The van der Waals surface area contributed by atoms with Crippen molar-refractivity contribution in [1.82, 2.24) is 14.9 Å². The second-order valence-electron chi connectivity index (χ2n) is 5.82. The number of carbonyl (C=O) groups excluding carboxylic acids is 1. The molecule has 0 saturated carbocycles. The lowest BCUT2D eigenvalue weighted by Gasteiger charge is -2.32. The zero-order valence-corrected chi connectivity index (χ0v) is 13.5. The van der Waals surface area contributed by atoms with E-state index in [1.165, 1.54) is 0 Å². The van der Waals surface area contributed by atoms with Crippen molar-refractivity contribution in [2.75, 3.05) is 20.2 Å². The molecule has 3 rings (SSSR count). The van der Waals surface area contributed by atoms with Crippen molar-refractivity contribution in [2.24, 2.45) is 0 Å². The molecule has 1 fully saturated rings. The highest BCUT2D eigenvalue weighted by molar-refractivity contribution is 5.73. The Bertz CT molecular complexity index is 685. The molecule has 1 aliphatic heterocycles. The van der Waals surface area contributed by atoms with Gasteiger partial charge in [-0.05, 0) is 37.1 Å². The van der Waals surface area contributed by atoms with E-state index in [9.17, 15) is 4.79 Å². The number of ether oxygens (including phenoxy) is 1. The second-order valence-corrected chi connectivity index (χ2v) is 5.82. The van der Waals surface area contributed by atoms with Gasteiger partial charge in [-0.2, -0.15) is 0 Å². The first-order chi connectivity index (χ1) is 11.2. The number of nitrogens with zero attached hydrogens (tertiary/aromatic N) is 3. The van der Waals surface area contributed by atoms with Crippen LogP contribution in [0.2, 0.25) is 0 Å². The molecule has 1 saturated heterocycles. The van der Waals surface area contributed by atoms with Crippen LogP contribution in [0.1, 0.15) is 31.4 Å².